The van der Waals surface area contributed by atoms with E-state index >= 15 is 0 Å². The van der Waals surface area contributed by atoms with Gasteiger partial charge in [-0.25, -0.2) is 4.40 Å². The summed E-state index contributed by atoms with van der Waals surface area (Å²) < 4.78 is 4.54. The quantitative estimate of drug-likeness (QED) is 0.423. The Balaban J connectivity index is 2.75. The molecule has 1 heterocycles. The maximum atomic E-state index is 5.67. The summed E-state index contributed by atoms with van der Waals surface area (Å²) in [4.78, 5) is 5.37. The first-order chi connectivity index (χ1) is 9.85. The molecular formula is C17H22N2S2. The highest BCUT2D eigenvalue weighted by Gasteiger charge is 2.12. The average molecular weight is 319 g/mol. The molecule has 1 atom stereocenters. The summed E-state index contributed by atoms with van der Waals surface area (Å²) in [5, 5.41) is -0.0459. The molecule has 0 N–H and O–H groups in total. The summed E-state index contributed by atoms with van der Waals surface area (Å²) in [5.74, 6) is 2.82. The topological polar surface area (TPSA) is 25.2 Å². The van der Waals surface area contributed by atoms with E-state index in [2.05, 4.69) is 36.1 Å². The molecule has 21 heavy (non-hydrogen) atoms. The van der Waals surface area contributed by atoms with Crippen molar-refractivity contribution in [2.45, 2.75) is 44.6 Å². The zero-order chi connectivity index (χ0) is 15.9. The second kappa shape index (κ2) is 8.31. The van der Waals surface area contributed by atoms with Gasteiger partial charge in [0.15, 0.2) is 0 Å². The van der Waals surface area contributed by atoms with Crippen molar-refractivity contribution < 1.29 is 0 Å². The Kier molecular flexibility index (Phi) is 7.07. The highest BCUT2D eigenvalue weighted by atomic mass is 32.2. The number of pyridine rings is 1. The Morgan fingerprint density at radius 1 is 1.43 bits per heavy atom. The van der Waals surface area contributed by atoms with Gasteiger partial charge in [-0.2, -0.15) is 0 Å². The Bertz CT molecular complexity index is 546. The standard InChI is InChI=1S/C17H22N2S2/c1-7-15(12-19-21-17(4,5)6)20-16(8-2)14-10-9-13(3)18-11-14/h2,7,9-12,16H,1,3-6H3/b15-7-,19-12?. The van der Waals surface area contributed by atoms with Crippen molar-refractivity contribution in [3.05, 3.63) is 40.6 Å². The van der Waals surface area contributed by atoms with E-state index in [1.165, 1.54) is 0 Å². The van der Waals surface area contributed by atoms with Crippen molar-refractivity contribution in [3.8, 4) is 12.3 Å². The monoisotopic (exact) mass is 318 g/mol. The van der Waals surface area contributed by atoms with Gasteiger partial charge in [0, 0.05) is 27.8 Å². The summed E-state index contributed by atoms with van der Waals surface area (Å²) in [6.07, 6.45) is 11.4. The molecule has 0 amide bonds. The Labute approximate surface area is 137 Å². The summed E-state index contributed by atoms with van der Waals surface area (Å²) in [7, 11) is 0. The van der Waals surface area contributed by atoms with E-state index in [1.807, 2.05) is 44.5 Å². The zero-order valence-corrected chi connectivity index (χ0v) is 14.9. The second-order valence-corrected chi connectivity index (χ2v) is 8.32. The number of allylic oxidation sites excluding steroid dienone is 2. The molecule has 0 spiro atoms. The van der Waals surface area contributed by atoms with E-state index in [-0.39, 0.29) is 10.00 Å². The second-order valence-electron chi connectivity index (χ2n) is 5.53. The first-order valence-corrected chi connectivity index (χ1v) is 8.44. The van der Waals surface area contributed by atoms with Crippen LogP contribution in [0.5, 0.6) is 0 Å². The lowest BCUT2D eigenvalue weighted by atomic mass is 10.2. The predicted octanol–water partition coefficient (Wildman–Crippen LogP) is 5.22. The van der Waals surface area contributed by atoms with Gasteiger partial charge in [0.25, 0.3) is 0 Å². The van der Waals surface area contributed by atoms with Gasteiger partial charge in [-0.15, -0.1) is 18.2 Å². The van der Waals surface area contributed by atoms with E-state index in [0.29, 0.717) is 0 Å². The van der Waals surface area contributed by atoms with E-state index < -0.39 is 0 Å². The maximum absolute atomic E-state index is 5.67. The minimum atomic E-state index is -0.0459. The molecule has 0 aliphatic rings. The van der Waals surface area contributed by atoms with Crippen molar-refractivity contribution in [3.63, 3.8) is 0 Å². The molecule has 2 nitrogen and oxygen atoms in total. The number of aryl methyl sites for hydroxylation is 1. The van der Waals surface area contributed by atoms with Crippen molar-refractivity contribution in [2.24, 2.45) is 4.40 Å². The lowest BCUT2D eigenvalue weighted by Gasteiger charge is -2.13. The third-order valence-electron chi connectivity index (χ3n) is 2.43. The van der Waals surface area contributed by atoms with Crippen LogP contribution in [0, 0.1) is 19.3 Å². The van der Waals surface area contributed by atoms with Crippen LogP contribution >= 0.6 is 23.7 Å². The molecule has 1 aromatic rings. The molecule has 0 radical (unpaired) electrons. The van der Waals surface area contributed by atoms with Crippen LogP contribution in [0.4, 0.5) is 0 Å². The van der Waals surface area contributed by atoms with Crippen molar-refractivity contribution in [1.82, 2.24) is 4.98 Å². The molecular weight excluding hydrogens is 296 g/mol. The minimum absolute atomic E-state index is 0.0459. The van der Waals surface area contributed by atoms with Crippen LogP contribution in [0.1, 0.15) is 44.2 Å². The Hall–Kier alpha value is -1.18. The average Bonchev–Trinajstić information content (AvgIpc) is 2.42. The highest BCUT2D eigenvalue weighted by molar-refractivity contribution is 8.04. The third kappa shape index (κ3) is 6.88. The Morgan fingerprint density at radius 2 is 2.14 bits per heavy atom. The molecule has 1 unspecified atom stereocenters. The highest BCUT2D eigenvalue weighted by Crippen LogP contribution is 2.33. The number of nitrogens with zero attached hydrogens (tertiary/aromatic N) is 2. The van der Waals surface area contributed by atoms with Crippen LogP contribution in [-0.2, 0) is 0 Å². The fraction of sp³-hybridized carbons (Fsp3) is 0.412. The molecule has 0 saturated carbocycles. The summed E-state index contributed by atoms with van der Waals surface area (Å²) >= 11 is 3.18. The van der Waals surface area contributed by atoms with Gasteiger partial charge >= 0.3 is 0 Å². The first kappa shape index (κ1) is 17.9. The molecule has 0 aliphatic carbocycles. The minimum Gasteiger partial charge on any atom is -0.261 e. The Morgan fingerprint density at radius 3 is 2.62 bits per heavy atom. The number of hydrogen-bond donors (Lipinski definition) is 0. The van der Waals surface area contributed by atoms with Crippen molar-refractivity contribution >= 4 is 29.9 Å². The van der Waals surface area contributed by atoms with Crippen LogP contribution in [0.2, 0.25) is 0 Å². The summed E-state index contributed by atoms with van der Waals surface area (Å²) in [5.41, 5.74) is 2.04. The molecule has 0 aromatic carbocycles. The molecule has 0 saturated heterocycles. The predicted molar refractivity (Wildman–Crippen MR) is 97.7 cm³/mol. The largest absolute Gasteiger partial charge is 0.261 e. The van der Waals surface area contributed by atoms with Gasteiger partial charge < -0.3 is 0 Å². The fourth-order valence-corrected chi connectivity index (χ4v) is 2.79. The van der Waals surface area contributed by atoms with Crippen LogP contribution in [0.25, 0.3) is 0 Å². The lowest BCUT2D eigenvalue weighted by molar-refractivity contribution is 0.804. The van der Waals surface area contributed by atoms with Gasteiger partial charge in [0.05, 0.1) is 5.25 Å². The van der Waals surface area contributed by atoms with Gasteiger partial charge in [-0.3, -0.25) is 4.98 Å². The number of aromatic nitrogens is 1. The molecule has 4 heteroatoms. The van der Waals surface area contributed by atoms with Gasteiger partial charge in [-0.1, -0.05) is 18.1 Å². The summed E-state index contributed by atoms with van der Waals surface area (Å²) in [6.45, 7) is 10.4. The normalized spacial score (nSPS) is 14.2. The smallest absolute Gasteiger partial charge is 0.0965 e. The molecule has 0 bridgehead atoms. The number of hydrogen-bond acceptors (Lipinski definition) is 4. The van der Waals surface area contributed by atoms with Crippen molar-refractivity contribution in [2.75, 3.05) is 0 Å². The fourth-order valence-electron chi connectivity index (χ4n) is 1.38. The van der Waals surface area contributed by atoms with E-state index in [9.17, 15) is 0 Å². The number of thioether (sulfide) groups is 1. The maximum Gasteiger partial charge on any atom is 0.0965 e. The van der Waals surface area contributed by atoms with Crippen LogP contribution in [-0.4, -0.2) is 15.9 Å². The molecule has 0 aliphatic heterocycles. The van der Waals surface area contributed by atoms with Crippen LogP contribution in [0.15, 0.2) is 33.7 Å². The van der Waals surface area contributed by atoms with E-state index in [0.717, 1.165) is 16.2 Å². The zero-order valence-electron chi connectivity index (χ0n) is 13.3. The molecule has 112 valence electrons. The number of rotatable bonds is 5. The molecule has 1 rings (SSSR count). The van der Waals surface area contributed by atoms with Crippen molar-refractivity contribution in [1.29, 1.82) is 0 Å². The van der Waals surface area contributed by atoms with E-state index in [4.69, 9.17) is 6.42 Å². The van der Waals surface area contributed by atoms with Gasteiger partial charge in [0.2, 0.25) is 0 Å². The van der Waals surface area contributed by atoms with Crippen LogP contribution < -0.4 is 0 Å². The summed E-state index contributed by atoms with van der Waals surface area (Å²) in [6, 6.07) is 4.02. The number of terminal acetylenes is 1. The molecule has 1 aromatic heterocycles. The lowest BCUT2D eigenvalue weighted by Crippen LogP contribution is -2.05. The van der Waals surface area contributed by atoms with Crippen LogP contribution in [0.3, 0.4) is 0 Å². The first-order valence-electron chi connectivity index (χ1n) is 6.79. The SMILES string of the molecule is C#CC(S/C(C=NSC(C)(C)C)=C\C)c1ccc(C)nc1. The van der Waals surface area contributed by atoms with E-state index in [1.54, 1.807) is 23.7 Å². The van der Waals surface area contributed by atoms with Gasteiger partial charge in [-0.05, 0) is 58.2 Å². The van der Waals surface area contributed by atoms with Gasteiger partial charge in [0.1, 0.15) is 0 Å². The third-order valence-corrected chi connectivity index (χ3v) is 4.45. The molecule has 0 fully saturated rings.